The quantitative estimate of drug-likeness (QED) is 0.678. The molecule has 1 N–H and O–H groups in total. The zero-order valence-corrected chi connectivity index (χ0v) is 7.75. The van der Waals surface area contributed by atoms with Gasteiger partial charge in [0.05, 0.1) is 0 Å². The highest BCUT2D eigenvalue weighted by Crippen LogP contribution is 2.10. The van der Waals surface area contributed by atoms with Crippen LogP contribution in [0.3, 0.4) is 0 Å². The summed E-state index contributed by atoms with van der Waals surface area (Å²) in [6.07, 6.45) is 3.55. The Hall–Kier alpha value is -1.23. The van der Waals surface area contributed by atoms with Crippen LogP contribution in [0.2, 0.25) is 5.02 Å². The van der Waals surface area contributed by atoms with Crippen LogP contribution in [0, 0.1) is 11.8 Å². The molecule has 0 aliphatic heterocycles. The van der Waals surface area contributed by atoms with Crippen LogP contribution in [-0.2, 0) is 0 Å². The summed E-state index contributed by atoms with van der Waals surface area (Å²) < 4.78 is 0. The van der Waals surface area contributed by atoms with Crippen LogP contribution in [-0.4, -0.2) is 11.7 Å². The van der Waals surface area contributed by atoms with Crippen LogP contribution in [0.1, 0.15) is 5.56 Å². The second-order valence-corrected chi connectivity index (χ2v) is 2.80. The highest BCUT2D eigenvalue weighted by Gasteiger charge is 1.85. The van der Waals surface area contributed by atoms with Gasteiger partial charge in [0.25, 0.3) is 0 Å². The lowest BCUT2D eigenvalue weighted by molar-refractivity contribution is 0.350. The van der Waals surface area contributed by atoms with Gasteiger partial charge in [-0.1, -0.05) is 35.6 Å². The maximum absolute atomic E-state index is 8.37. The molecule has 0 fully saturated rings. The molecule has 1 nitrogen and oxygen atoms in total. The Bertz CT molecular complexity index is 341. The number of allylic oxidation sites excluding steroid dienone is 1. The van der Waals surface area contributed by atoms with E-state index in [4.69, 9.17) is 16.7 Å². The Morgan fingerprint density at radius 3 is 2.62 bits per heavy atom. The standard InChI is InChI=1S/C11H9ClO/c12-11-7-5-10(6-8-11)4-2-1-3-9-13/h2,4-8,13H,9H2/b4-2+. The predicted molar refractivity (Wildman–Crippen MR) is 55.3 cm³/mol. The zero-order valence-electron chi connectivity index (χ0n) is 7.00. The molecule has 0 atom stereocenters. The second kappa shape index (κ2) is 5.42. The molecule has 1 aromatic rings. The smallest absolute Gasteiger partial charge is 0.104 e. The molecule has 13 heavy (non-hydrogen) atoms. The van der Waals surface area contributed by atoms with Crippen molar-refractivity contribution in [1.29, 1.82) is 0 Å². The molecular weight excluding hydrogens is 184 g/mol. The number of aliphatic hydroxyl groups is 1. The number of rotatable bonds is 1. The fourth-order valence-corrected chi connectivity index (χ4v) is 0.942. The van der Waals surface area contributed by atoms with E-state index in [9.17, 15) is 0 Å². The van der Waals surface area contributed by atoms with Gasteiger partial charge >= 0.3 is 0 Å². The summed E-state index contributed by atoms with van der Waals surface area (Å²) in [5, 5.41) is 9.10. The minimum atomic E-state index is -0.106. The molecular formula is C11H9ClO. The number of hydrogen-bond donors (Lipinski definition) is 1. The Kier molecular flexibility index (Phi) is 4.11. The molecule has 0 saturated heterocycles. The van der Waals surface area contributed by atoms with Crippen molar-refractivity contribution in [2.24, 2.45) is 0 Å². The molecule has 0 aliphatic rings. The number of benzene rings is 1. The van der Waals surface area contributed by atoms with Crippen molar-refractivity contribution in [3.05, 3.63) is 40.9 Å². The van der Waals surface area contributed by atoms with Gasteiger partial charge in [-0.15, -0.1) is 0 Å². The van der Waals surface area contributed by atoms with Gasteiger partial charge in [-0.25, -0.2) is 0 Å². The molecule has 0 radical (unpaired) electrons. The Balaban J connectivity index is 2.64. The van der Waals surface area contributed by atoms with E-state index in [0.29, 0.717) is 0 Å². The van der Waals surface area contributed by atoms with Crippen LogP contribution in [0.25, 0.3) is 6.08 Å². The summed E-state index contributed by atoms with van der Waals surface area (Å²) in [5.41, 5.74) is 1.04. The molecule has 1 aromatic carbocycles. The van der Waals surface area contributed by atoms with Crippen molar-refractivity contribution < 1.29 is 5.11 Å². The molecule has 0 amide bonds. The van der Waals surface area contributed by atoms with Gasteiger partial charge < -0.3 is 5.11 Å². The monoisotopic (exact) mass is 192 g/mol. The average Bonchev–Trinajstić information content (AvgIpc) is 2.15. The second-order valence-electron chi connectivity index (χ2n) is 2.36. The number of halogens is 1. The molecule has 2 heteroatoms. The van der Waals surface area contributed by atoms with E-state index in [-0.39, 0.29) is 6.61 Å². The Morgan fingerprint density at radius 2 is 2.00 bits per heavy atom. The first kappa shape index (κ1) is 9.85. The highest BCUT2D eigenvalue weighted by molar-refractivity contribution is 6.30. The third-order valence-electron chi connectivity index (χ3n) is 1.41. The summed E-state index contributed by atoms with van der Waals surface area (Å²) in [6.45, 7) is -0.106. The maximum Gasteiger partial charge on any atom is 0.104 e. The fourth-order valence-electron chi connectivity index (χ4n) is 0.816. The fraction of sp³-hybridized carbons (Fsp3) is 0.0909. The summed E-state index contributed by atoms with van der Waals surface area (Å²) >= 11 is 5.71. The minimum Gasteiger partial charge on any atom is -0.384 e. The van der Waals surface area contributed by atoms with Crippen molar-refractivity contribution in [2.45, 2.75) is 0 Å². The molecule has 66 valence electrons. The van der Waals surface area contributed by atoms with Crippen LogP contribution in [0.15, 0.2) is 30.3 Å². The maximum atomic E-state index is 8.37. The van der Waals surface area contributed by atoms with E-state index in [1.165, 1.54) is 0 Å². The molecule has 0 aromatic heterocycles. The summed E-state index contributed by atoms with van der Waals surface area (Å²) in [5.74, 6) is 5.21. The first-order valence-electron chi connectivity index (χ1n) is 3.84. The van der Waals surface area contributed by atoms with Gasteiger partial charge in [-0.2, -0.15) is 0 Å². The van der Waals surface area contributed by atoms with E-state index in [1.54, 1.807) is 6.08 Å². The first-order chi connectivity index (χ1) is 6.33. The van der Waals surface area contributed by atoms with E-state index in [0.717, 1.165) is 10.6 Å². The molecule has 0 unspecified atom stereocenters. The number of aliphatic hydroxyl groups excluding tert-OH is 1. The van der Waals surface area contributed by atoms with Crippen LogP contribution in [0.4, 0.5) is 0 Å². The minimum absolute atomic E-state index is 0.106. The van der Waals surface area contributed by atoms with E-state index >= 15 is 0 Å². The van der Waals surface area contributed by atoms with E-state index in [1.807, 2.05) is 30.3 Å². The van der Waals surface area contributed by atoms with Crippen molar-refractivity contribution in [1.82, 2.24) is 0 Å². The van der Waals surface area contributed by atoms with Crippen molar-refractivity contribution in [2.75, 3.05) is 6.61 Å². The topological polar surface area (TPSA) is 20.2 Å². The lowest BCUT2D eigenvalue weighted by atomic mass is 10.2. The third kappa shape index (κ3) is 3.80. The van der Waals surface area contributed by atoms with Crippen molar-refractivity contribution in [3.63, 3.8) is 0 Å². The van der Waals surface area contributed by atoms with Gasteiger partial charge in [-0.3, -0.25) is 0 Å². The lowest BCUT2D eigenvalue weighted by Crippen LogP contribution is -1.71. The van der Waals surface area contributed by atoms with Gasteiger partial charge in [0.2, 0.25) is 0 Å². The molecule has 0 bridgehead atoms. The summed E-state index contributed by atoms with van der Waals surface area (Å²) in [7, 11) is 0. The van der Waals surface area contributed by atoms with Crippen LogP contribution in [0.5, 0.6) is 0 Å². The molecule has 1 rings (SSSR count). The largest absolute Gasteiger partial charge is 0.384 e. The van der Waals surface area contributed by atoms with Gasteiger partial charge in [0, 0.05) is 5.02 Å². The molecule has 0 heterocycles. The van der Waals surface area contributed by atoms with Crippen LogP contribution >= 0.6 is 11.6 Å². The third-order valence-corrected chi connectivity index (χ3v) is 1.66. The first-order valence-corrected chi connectivity index (χ1v) is 4.22. The summed E-state index contributed by atoms with van der Waals surface area (Å²) in [6, 6.07) is 7.44. The van der Waals surface area contributed by atoms with Gasteiger partial charge in [0.15, 0.2) is 0 Å². The number of hydrogen-bond acceptors (Lipinski definition) is 1. The summed E-state index contributed by atoms with van der Waals surface area (Å²) in [4.78, 5) is 0. The molecule has 0 spiro atoms. The normalized spacial score (nSPS) is 9.69. The van der Waals surface area contributed by atoms with E-state index < -0.39 is 0 Å². The predicted octanol–water partition coefficient (Wildman–Crippen LogP) is 2.35. The lowest BCUT2D eigenvalue weighted by Gasteiger charge is -1.90. The van der Waals surface area contributed by atoms with E-state index in [2.05, 4.69) is 11.8 Å². The van der Waals surface area contributed by atoms with Crippen molar-refractivity contribution in [3.8, 4) is 11.8 Å². The SMILES string of the molecule is OCC#C/C=C/c1ccc(Cl)cc1. The Morgan fingerprint density at radius 1 is 1.31 bits per heavy atom. The van der Waals surface area contributed by atoms with Gasteiger partial charge in [-0.05, 0) is 29.8 Å². The zero-order chi connectivity index (χ0) is 9.52. The van der Waals surface area contributed by atoms with Crippen LogP contribution < -0.4 is 0 Å². The average molecular weight is 193 g/mol. The highest BCUT2D eigenvalue weighted by atomic mass is 35.5. The molecule has 0 aliphatic carbocycles. The molecule has 0 saturated carbocycles. The van der Waals surface area contributed by atoms with Gasteiger partial charge in [0.1, 0.15) is 6.61 Å². The van der Waals surface area contributed by atoms with Crippen molar-refractivity contribution >= 4 is 17.7 Å². The Labute approximate surface area is 82.7 Å².